The Hall–Kier alpha value is -1.56. The monoisotopic (exact) mass is 350 g/mol. The highest BCUT2D eigenvalue weighted by atomic mass is 35.5. The number of thiocarbonyl (C=S) groups is 1. The van der Waals surface area contributed by atoms with Crippen molar-refractivity contribution in [2.75, 3.05) is 14.1 Å². The van der Waals surface area contributed by atoms with Crippen molar-refractivity contribution < 1.29 is 4.74 Å². The standard InChI is InChI=1S/C16H15ClN2OS2/c1-19(2)16(21)22-15(18-13-6-4-3-5-7-13)20-14-10-8-12(17)9-11-14/h3-11H,1-2H3. The van der Waals surface area contributed by atoms with Crippen LogP contribution in [0.2, 0.25) is 5.02 Å². The molecule has 2 aromatic carbocycles. The summed E-state index contributed by atoms with van der Waals surface area (Å²) in [6.07, 6.45) is 0. The molecule has 0 fully saturated rings. The van der Waals surface area contributed by atoms with E-state index in [4.69, 9.17) is 28.6 Å². The molecule has 2 rings (SSSR count). The second-order valence-corrected chi connectivity index (χ2v) is 6.55. The van der Waals surface area contributed by atoms with Gasteiger partial charge < -0.3 is 9.64 Å². The molecule has 0 atom stereocenters. The highest BCUT2D eigenvalue weighted by molar-refractivity contribution is 8.32. The number of benzene rings is 2. The van der Waals surface area contributed by atoms with Crippen molar-refractivity contribution in [3.05, 3.63) is 59.6 Å². The van der Waals surface area contributed by atoms with Gasteiger partial charge in [0.05, 0.1) is 5.69 Å². The topological polar surface area (TPSA) is 24.8 Å². The fourth-order valence-corrected chi connectivity index (χ4v) is 2.40. The second-order valence-electron chi connectivity index (χ2n) is 4.53. The summed E-state index contributed by atoms with van der Waals surface area (Å²) in [5.41, 5.74) is 0.806. The fraction of sp³-hybridized carbons (Fsp3) is 0.125. The van der Waals surface area contributed by atoms with Gasteiger partial charge in [-0.05, 0) is 48.2 Å². The van der Waals surface area contributed by atoms with Gasteiger partial charge in [0, 0.05) is 19.1 Å². The van der Waals surface area contributed by atoms with E-state index in [0.717, 1.165) is 5.69 Å². The lowest BCUT2D eigenvalue weighted by Gasteiger charge is -2.14. The number of nitrogens with zero attached hydrogens (tertiary/aromatic N) is 2. The summed E-state index contributed by atoms with van der Waals surface area (Å²) in [5.74, 6) is 0.660. The first-order chi connectivity index (χ1) is 10.5. The average molecular weight is 351 g/mol. The molecule has 0 heterocycles. The van der Waals surface area contributed by atoms with Crippen LogP contribution in [-0.4, -0.2) is 28.5 Å². The zero-order valence-electron chi connectivity index (χ0n) is 12.2. The lowest BCUT2D eigenvalue weighted by atomic mass is 10.3. The first kappa shape index (κ1) is 16.8. The summed E-state index contributed by atoms with van der Waals surface area (Å²) in [6.45, 7) is 0. The second kappa shape index (κ2) is 8.17. The van der Waals surface area contributed by atoms with Gasteiger partial charge in [0.25, 0.3) is 5.23 Å². The third-order valence-electron chi connectivity index (χ3n) is 2.54. The first-order valence-corrected chi connectivity index (χ1v) is 8.11. The molecule has 0 aliphatic heterocycles. The Morgan fingerprint density at radius 3 is 2.32 bits per heavy atom. The van der Waals surface area contributed by atoms with E-state index in [9.17, 15) is 0 Å². The van der Waals surface area contributed by atoms with Crippen molar-refractivity contribution in [2.24, 2.45) is 4.99 Å². The predicted molar refractivity (Wildman–Crippen MR) is 99.5 cm³/mol. The van der Waals surface area contributed by atoms with E-state index in [1.165, 1.54) is 11.8 Å². The van der Waals surface area contributed by atoms with E-state index in [-0.39, 0.29) is 0 Å². The Balaban J connectivity index is 2.23. The molecule has 2 aromatic rings. The van der Waals surface area contributed by atoms with Crippen LogP contribution < -0.4 is 4.74 Å². The molecule has 3 nitrogen and oxygen atoms in total. The normalized spacial score (nSPS) is 11.1. The molecule has 6 heteroatoms. The van der Waals surface area contributed by atoms with E-state index >= 15 is 0 Å². The van der Waals surface area contributed by atoms with Gasteiger partial charge in [0.1, 0.15) is 10.1 Å². The van der Waals surface area contributed by atoms with E-state index in [1.54, 1.807) is 24.3 Å². The van der Waals surface area contributed by atoms with Crippen LogP contribution in [0.3, 0.4) is 0 Å². The van der Waals surface area contributed by atoms with Crippen molar-refractivity contribution in [1.82, 2.24) is 4.90 Å². The molecule has 0 saturated carbocycles. The molecule has 0 radical (unpaired) electrons. The van der Waals surface area contributed by atoms with Crippen LogP contribution in [0.4, 0.5) is 5.69 Å². The molecule has 22 heavy (non-hydrogen) atoms. The molecule has 0 N–H and O–H groups in total. The Morgan fingerprint density at radius 2 is 1.73 bits per heavy atom. The van der Waals surface area contributed by atoms with Crippen LogP contribution in [0.15, 0.2) is 59.6 Å². The molecule has 0 aliphatic carbocycles. The summed E-state index contributed by atoms with van der Waals surface area (Å²) in [5, 5.41) is 1.12. The lowest BCUT2D eigenvalue weighted by molar-refractivity contribution is 0.567. The summed E-state index contributed by atoms with van der Waals surface area (Å²) < 4.78 is 6.50. The summed E-state index contributed by atoms with van der Waals surface area (Å²) in [4.78, 5) is 6.35. The number of halogens is 1. The molecule has 0 aromatic heterocycles. The van der Waals surface area contributed by atoms with Crippen molar-refractivity contribution in [2.45, 2.75) is 0 Å². The average Bonchev–Trinajstić information content (AvgIpc) is 2.50. The molecular weight excluding hydrogens is 336 g/mol. The third kappa shape index (κ3) is 5.33. The molecule has 0 aliphatic rings. The summed E-state index contributed by atoms with van der Waals surface area (Å²) in [6, 6.07) is 16.7. The largest absolute Gasteiger partial charge is 0.433 e. The van der Waals surface area contributed by atoms with Crippen molar-refractivity contribution in [1.29, 1.82) is 0 Å². The van der Waals surface area contributed by atoms with Crippen LogP contribution in [0.25, 0.3) is 0 Å². The van der Waals surface area contributed by atoms with Gasteiger partial charge in [-0.2, -0.15) is 0 Å². The zero-order valence-corrected chi connectivity index (χ0v) is 14.6. The van der Waals surface area contributed by atoms with Gasteiger partial charge in [-0.3, -0.25) is 0 Å². The van der Waals surface area contributed by atoms with Gasteiger partial charge in [-0.15, -0.1) is 0 Å². The molecule has 0 spiro atoms. The summed E-state index contributed by atoms with van der Waals surface area (Å²) >= 11 is 12.5. The minimum absolute atomic E-state index is 0.465. The van der Waals surface area contributed by atoms with Gasteiger partial charge in [0.15, 0.2) is 0 Å². The maximum atomic E-state index is 5.89. The van der Waals surface area contributed by atoms with Crippen LogP contribution in [0, 0.1) is 0 Å². The maximum absolute atomic E-state index is 5.89. The maximum Gasteiger partial charge on any atom is 0.263 e. The Morgan fingerprint density at radius 1 is 1.09 bits per heavy atom. The number of thioether (sulfide) groups is 1. The number of hydrogen-bond acceptors (Lipinski definition) is 4. The Labute approximate surface area is 145 Å². The number of para-hydroxylation sites is 1. The molecule has 0 saturated heterocycles. The van der Waals surface area contributed by atoms with E-state index in [2.05, 4.69) is 4.99 Å². The zero-order chi connectivity index (χ0) is 15.9. The van der Waals surface area contributed by atoms with Crippen molar-refractivity contribution in [3.8, 4) is 5.75 Å². The third-order valence-corrected chi connectivity index (χ3v) is 4.29. The molecule has 114 valence electrons. The van der Waals surface area contributed by atoms with Crippen LogP contribution in [0.1, 0.15) is 0 Å². The van der Waals surface area contributed by atoms with Gasteiger partial charge in [-0.25, -0.2) is 4.99 Å². The van der Waals surface area contributed by atoms with Gasteiger partial charge in [0.2, 0.25) is 0 Å². The SMILES string of the molecule is CN(C)C(=S)SC(=Nc1ccccc1)Oc1ccc(Cl)cc1. The molecule has 0 amide bonds. The molecular formula is C16H15ClN2OS2. The first-order valence-electron chi connectivity index (χ1n) is 6.51. The predicted octanol–water partition coefficient (Wildman–Crippen LogP) is 4.99. The molecule has 0 unspecified atom stereocenters. The number of rotatable bonds is 2. The minimum Gasteiger partial charge on any atom is -0.433 e. The number of ether oxygens (including phenoxy) is 1. The van der Waals surface area contributed by atoms with Crippen LogP contribution in [-0.2, 0) is 0 Å². The van der Waals surface area contributed by atoms with Gasteiger partial charge in [-0.1, -0.05) is 42.0 Å². The Bertz CT molecular complexity index is 658. The smallest absolute Gasteiger partial charge is 0.263 e. The van der Waals surface area contributed by atoms with Crippen molar-refractivity contribution >= 4 is 50.8 Å². The van der Waals surface area contributed by atoms with E-state index < -0.39 is 0 Å². The lowest BCUT2D eigenvalue weighted by Crippen LogP contribution is -2.19. The molecule has 0 bridgehead atoms. The van der Waals surface area contributed by atoms with Gasteiger partial charge >= 0.3 is 0 Å². The van der Waals surface area contributed by atoms with Crippen LogP contribution in [0.5, 0.6) is 5.75 Å². The number of hydrogen-bond donors (Lipinski definition) is 0. The highest BCUT2D eigenvalue weighted by Gasteiger charge is 2.10. The highest BCUT2D eigenvalue weighted by Crippen LogP contribution is 2.22. The van der Waals surface area contributed by atoms with Crippen LogP contribution >= 0.6 is 35.6 Å². The van der Waals surface area contributed by atoms with Crippen molar-refractivity contribution in [3.63, 3.8) is 0 Å². The quantitative estimate of drug-likeness (QED) is 0.433. The van der Waals surface area contributed by atoms with E-state index in [1.807, 2.05) is 49.3 Å². The minimum atomic E-state index is 0.465. The summed E-state index contributed by atoms with van der Waals surface area (Å²) in [7, 11) is 3.77. The van der Waals surface area contributed by atoms with E-state index in [0.29, 0.717) is 20.3 Å². The number of aliphatic imine (C=N–C) groups is 1. The fourth-order valence-electron chi connectivity index (χ4n) is 1.44. The Kier molecular flexibility index (Phi) is 6.24.